The first-order valence-electron chi connectivity index (χ1n) is 2.96. The van der Waals surface area contributed by atoms with Gasteiger partial charge in [-0.15, -0.1) is 0 Å². The Kier molecular flexibility index (Phi) is 2.29. The van der Waals surface area contributed by atoms with Crippen LogP contribution < -0.4 is 0 Å². The first-order chi connectivity index (χ1) is 4.70. The van der Waals surface area contributed by atoms with Gasteiger partial charge >= 0.3 is 0 Å². The van der Waals surface area contributed by atoms with Crippen molar-refractivity contribution < 1.29 is 4.55 Å². The van der Waals surface area contributed by atoms with Gasteiger partial charge in [-0.1, -0.05) is 0 Å². The zero-order chi connectivity index (χ0) is 7.56. The first kappa shape index (κ1) is 7.57. The standard InChI is InChI=1S/C7H9NOS/c1-6-5-7(10(2)9)3-4-8-6/h3-5H,1-2H3. The van der Waals surface area contributed by atoms with Crippen molar-refractivity contribution in [1.29, 1.82) is 0 Å². The van der Waals surface area contributed by atoms with Crippen molar-refractivity contribution in [1.82, 2.24) is 4.98 Å². The molecule has 0 aliphatic heterocycles. The minimum absolute atomic E-state index is 0.840. The lowest BCUT2D eigenvalue weighted by molar-refractivity contribution is 0.600. The molecule has 0 bridgehead atoms. The van der Waals surface area contributed by atoms with E-state index in [-0.39, 0.29) is 0 Å². The summed E-state index contributed by atoms with van der Waals surface area (Å²) in [5, 5.41) is 0. The van der Waals surface area contributed by atoms with Gasteiger partial charge in [0.15, 0.2) is 4.90 Å². The maximum atomic E-state index is 10.9. The van der Waals surface area contributed by atoms with E-state index in [9.17, 15) is 4.55 Å². The minimum atomic E-state index is -0.879. The van der Waals surface area contributed by atoms with E-state index in [0.717, 1.165) is 10.6 Å². The van der Waals surface area contributed by atoms with Crippen LogP contribution >= 0.6 is 0 Å². The minimum Gasteiger partial charge on any atom is -0.612 e. The Bertz CT molecular complexity index is 225. The molecule has 0 spiro atoms. The van der Waals surface area contributed by atoms with Gasteiger partial charge in [0, 0.05) is 24.0 Å². The Morgan fingerprint density at radius 2 is 2.30 bits per heavy atom. The molecule has 54 valence electrons. The molecule has 0 aliphatic carbocycles. The van der Waals surface area contributed by atoms with Crippen molar-refractivity contribution in [2.24, 2.45) is 0 Å². The second-order valence-corrected chi connectivity index (χ2v) is 3.47. The topological polar surface area (TPSA) is 36.0 Å². The third-order valence-electron chi connectivity index (χ3n) is 1.20. The summed E-state index contributed by atoms with van der Waals surface area (Å²) in [4.78, 5) is 4.83. The van der Waals surface area contributed by atoms with E-state index >= 15 is 0 Å². The van der Waals surface area contributed by atoms with Crippen LogP contribution in [0.1, 0.15) is 5.69 Å². The third-order valence-corrected chi connectivity index (χ3v) is 2.12. The summed E-state index contributed by atoms with van der Waals surface area (Å²) in [5.41, 5.74) is 0.910. The quantitative estimate of drug-likeness (QED) is 0.570. The molecule has 10 heavy (non-hydrogen) atoms. The Hall–Kier alpha value is -0.540. The number of aryl methyl sites for hydroxylation is 1. The number of nitrogens with zero attached hydrogens (tertiary/aromatic N) is 1. The number of pyridine rings is 1. The molecule has 1 aromatic rings. The van der Waals surface area contributed by atoms with Crippen molar-refractivity contribution in [3.8, 4) is 0 Å². The normalized spacial score (nSPS) is 13.1. The predicted molar refractivity (Wildman–Crippen MR) is 41.3 cm³/mol. The summed E-state index contributed by atoms with van der Waals surface area (Å²) >= 11 is -0.879. The van der Waals surface area contributed by atoms with Crippen LogP contribution in [0.25, 0.3) is 0 Å². The second-order valence-electron chi connectivity index (χ2n) is 2.09. The lowest BCUT2D eigenvalue weighted by atomic mass is 10.4. The Morgan fingerprint density at radius 1 is 1.60 bits per heavy atom. The van der Waals surface area contributed by atoms with Crippen molar-refractivity contribution >= 4 is 11.2 Å². The predicted octanol–water partition coefficient (Wildman–Crippen LogP) is 1.13. The lowest BCUT2D eigenvalue weighted by Crippen LogP contribution is -1.97. The van der Waals surface area contributed by atoms with E-state index in [1.807, 2.05) is 13.0 Å². The van der Waals surface area contributed by atoms with Crippen molar-refractivity contribution in [3.63, 3.8) is 0 Å². The van der Waals surface area contributed by atoms with Crippen LogP contribution in [0.15, 0.2) is 23.2 Å². The summed E-state index contributed by atoms with van der Waals surface area (Å²) in [6.45, 7) is 1.89. The molecule has 0 radical (unpaired) electrons. The molecule has 1 heterocycles. The van der Waals surface area contributed by atoms with E-state index in [1.165, 1.54) is 0 Å². The zero-order valence-corrected chi connectivity index (χ0v) is 6.81. The highest BCUT2D eigenvalue weighted by molar-refractivity contribution is 7.90. The molecule has 0 N–H and O–H groups in total. The van der Waals surface area contributed by atoms with E-state index < -0.39 is 11.2 Å². The van der Waals surface area contributed by atoms with Crippen LogP contribution in [0, 0.1) is 6.92 Å². The Labute approximate surface area is 63.5 Å². The fraction of sp³-hybridized carbons (Fsp3) is 0.286. The van der Waals surface area contributed by atoms with E-state index in [1.54, 1.807) is 18.5 Å². The summed E-state index contributed by atoms with van der Waals surface area (Å²) in [6.07, 6.45) is 3.33. The molecule has 0 aromatic carbocycles. The average molecular weight is 155 g/mol. The van der Waals surface area contributed by atoms with Gasteiger partial charge in [0.05, 0.1) is 0 Å². The molecule has 0 amide bonds. The molecule has 1 atom stereocenters. The molecule has 3 heteroatoms. The van der Waals surface area contributed by atoms with Crippen molar-refractivity contribution in [3.05, 3.63) is 24.0 Å². The van der Waals surface area contributed by atoms with Crippen molar-refractivity contribution in [2.45, 2.75) is 11.8 Å². The van der Waals surface area contributed by atoms with Gasteiger partial charge in [-0.3, -0.25) is 4.98 Å². The van der Waals surface area contributed by atoms with E-state index in [2.05, 4.69) is 4.98 Å². The second kappa shape index (κ2) is 3.03. The fourth-order valence-electron chi connectivity index (χ4n) is 0.698. The van der Waals surface area contributed by atoms with Crippen LogP contribution in [0.2, 0.25) is 0 Å². The fourth-order valence-corrected chi connectivity index (χ4v) is 1.29. The SMILES string of the molecule is Cc1cc([S+](C)[O-])ccn1. The van der Waals surface area contributed by atoms with Gasteiger partial charge in [0.1, 0.15) is 6.26 Å². The van der Waals surface area contributed by atoms with Gasteiger partial charge in [-0.25, -0.2) is 0 Å². The molecular weight excluding hydrogens is 146 g/mol. The number of aromatic nitrogens is 1. The number of hydrogen-bond acceptors (Lipinski definition) is 2. The van der Waals surface area contributed by atoms with Gasteiger partial charge in [-0.05, 0) is 18.1 Å². The molecule has 0 fully saturated rings. The molecule has 2 nitrogen and oxygen atoms in total. The first-order valence-corrected chi connectivity index (χ1v) is 4.52. The lowest BCUT2D eigenvalue weighted by Gasteiger charge is -2.02. The smallest absolute Gasteiger partial charge is 0.155 e. The maximum Gasteiger partial charge on any atom is 0.155 e. The molecule has 0 saturated heterocycles. The van der Waals surface area contributed by atoms with Gasteiger partial charge < -0.3 is 4.55 Å². The largest absolute Gasteiger partial charge is 0.612 e. The number of hydrogen-bond donors (Lipinski definition) is 0. The number of rotatable bonds is 1. The van der Waals surface area contributed by atoms with Crippen LogP contribution in [0.5, 0.6) is 0 Å². The highest BCUT2D eigenvalue weighted by Crippen LogP contribution is 2.07. The Balaban J connectivity index is 2.96. The molecule has 1 unspecified atom stereocenters. The third kappa shape index (κ3) is 1.72. The van der Waals surface area contributed by atoms with Crippen LogP contribution in [0.3, 0.4) is 0 Å². The maximum absolute atomic E-state index is 10.9. The monoisotopic (exact) mass is 155 g/mol. The average Bonchev–Trinajstić information content (AvgIpc) is 1.88. The highest BCUT2D eigenvalue weighted by atomic mass is 32.2. The molecule has 1 aromatic heterocycles. The van der Waals surface area contributed by atoms with Crippen LogP contribution in [0.4, 0.5) is 0 Å². The zero-order valence-electron chi connectivity index (χ0n) is 6.00. The molecule has 1 rings (SSSR count). The molecule has 0 aliphatic rings. The van der Waals surface area contributed by atoms with E-state index in [0.29, 0.717) is 0 Å². The van der Waals surface area contributed by atoms with Crippen LogP contribution in [-0.4, -0.2) is 15.8 Å². The van der Waals surface area contributed by atoms with Crippen LogP contribution in [-0.2, 0) is 11.2 Å². The van der Waals surface area contributed by atoms with Gasteiger partial charge in [0.25, 0.3) is 0 Å². The summed E-state index contributed by atoms with van der Waals surface area (Å²) < 4.78 is 10.9. The summed E-state index contributed by atoms with van der Waals surface area (Å²) in [7, 11) is 0. The van der Waals surface area contributed by atoms with Gasteiger partial charge in [0.2, 0.25) is 0 Å². The van der Waals surface area contributed by atoms with E-state index in [4.69, 9.17) is 0 Å². The van der Waals surface area contributed by atoms with Crippen molar-refractivity contribution in [2.75, 3.05) is 6.26 Å². The summed E-state index contributed by atoms with van der Waals surface area (Å²) in [5.74, 6) is 0. The molecular formula is C7H9NOS. The summed E-state index contributed by atoms with van der Waals surface area (Å²) in [6, 6.07) is 3.60. The Morgan fingerprint density at radius 3 is 2.70 bits per heavy atom. The van der Waals surface area contributed by atoms with Gasteiger partial charge in [-0.2, -0.15) is 0 Å². The molecule has 0 saturated carbocycles. The highest BCUT2D eigenvalue weighted by Gasteiger charge is 2.01.